The zero-order valence-electron chi connectivity index (χ0n) is 8.14. The van der Waals surface area contributed by atoms with E-state index in [1.807, 2.05) is 0 Å². The molecule has 1 heteroatoms. The fourth-order valence-corrected chi connectivity index (χ4v) is 2.16. The molecule has 0 saturated heterocycles. The van der Waals surface area contributed by atoms with Gasteiger partial charge < -0.3 is 4.79 Å². The molecule has 0 bridgehead atoms. The van der Waals surface area contributed by atoms with E-state index in [1.54, 1.807) is 0 Å². The molecular formula is C11H20O. The van der Waals surface area contributed by atoms with Gasteiger partial charge in [0.05, 0.1) is 0 Å². The molecule has 70 valence electrons. The summed E-state index contributed by atoms with van der Waals surface area (Å²) in [6.07, 6.45) is 11.1. The molecule has 0 amide bonds. The third-order valence-electron chi connectivity index (χ3n) is 3.30. The highest BCUT2D eigenvalue weighted by Crippen LogP contribution is 2.34. The van der Waals surface area contributed by atoms with Crippen LogP contribution in [0.1, 0.15) is 58.3 Å². The van der Waals surface area contributed by atoms with Crippen molar-refractivity contribution in [1.82, 2.24) is 0 Å². The quantitative estimate of drug-likeness (QED) is 0.578. The van der Waals surface area contributed by atoms with Crippen molar-refractivity contribution in [3.05, 3.63) is 0 Å². The minimum Gasteiger partial charge on any atom is -0.303 e. The van der Waals surface area contributed by atoms with E-state index in [1.165, 1.54) is 38.4 Å². The van der Waals surface area contributed by atoms with E-state index in [4.69, 9.17) is 0 Å². The lowest BCUT2D eigenvalue weighted by atomic mass is 9.75. The molecule has 0 aromatic heterocycles. The van der Waals surface area contributed by atoms with Crippen LogP contribution in [0.5, 0.6) is 0 Å². The van der Waals surface area contributed by atoms with Gasteiger partial charge >= 0.3 is 0 Å². The fraction of sp³-hybridized carbons (Fsp3) is 0.909. The highest BCUT2D eigenvalue weighted by Gasteiger charge is 2.27. The summed E-state index contributed by atoms with van der Waals surface area (Å²) >= 11 is 0. The maximum atomic E-state index is 11.0. The van der Waals surface area contributed by atoms with Gasteiger partial charge in [-0.25, -0.2) is 0 Å². The lowest BCUT2D eigenvalue weighted by Gasteiger charge is -2.28. The first-order valence-electron chi connectivity index (χ1n) is 5.29. The van der Waals surface area contributed by atoms with Gasteiger partial charge in [0.1, 0.15) is 6.29 Å². The van der Waals surface area contributed by atoms with Gasteiger partial charge in [-0.1, -0.05) is 39.0 Å². The number of hydrogen-bond acceptors (Lipinski definition) is 1. The van der Waals surface area contributed by atoms with Crippen molar-refractivity contribution in [3.63, 3.8) is 0 Å². The molecule has 0 N–H and O–H groups in total. The minimum absolute atomic E-state index is 0.0560. The van der Waals surface area contributed by atoms with Gasteiger partial charge in [-0.2, -0.15) is 0 Å². The third-order valence-corrected chi connectivity index (χ3v) is 3.30. The molecule has 12 heavy (non-hydrogen) atoms. The highest BCUT2D eigenvalue weighted by molar-refractivity contribution is 5.59. The van der Waals surface area contributed by atoms with E-state index in [0.29, 0.717) is 0 Å². The van der Waals surface area contributed by atoms with Crippen molar-refractivity contribution in [2.45, 2.75) is 58.3 Å². The average molecular weight is 168 g/mol. The number of rotatable bonds is 2. The van der Waals surface area contributed by atoms with Crippen molar-refractivity contribution < 1.29 is 4.79 Å². The Hall–Kier alpha value is -0.330. The largest absolute Gasteiger partial charge is 0.303 e. The maximum Gasteiger partial charge on any atom is 0.126 e. The van der Waals surface area contributed by atoms with E-state index >= 15 is 0 Å². The lowest BCUT2D eigenvalue weighted by molar-refractivity contribution is -0.117. The molecule has 0 heterocycles. The van der Waals surface area contributed by atoms with Crippen molar-refractivity contribution in [2.24, 2.45) is 5.41 Å². The van der Waals surface area contributed by atoms with Crippen LogP contribution in [0.2, 0.25) is 0 Å². The molecule has 0 aliphatic heterocycles. The Balaban J connectivity index is 2.51. The first-order valence-corrected chi connectivity index (χ1v) is 5.29. The smallest absolute Gasteiger partial charge is 0.126 e. The van der Waals surface area contributed by atoms with E-state index < -0.39 is 0 Å². The van der Waals surface area contributed by atoms with E-state index in [9.17, 15) is 4.79 Å². The van der Waals surface area contributed by atoms with Crippen LogP contribution in [0.25, 0.3) is 0 Å². The van der Waals surface area contributed by atoms with Gasteiger partial charge in [-0.05, 0) is 19.3 Å². The van der Waals surface area contributed by atoms with Gasteiger partial charge in [-0.3, -0.25) is 0 Å². The van der Waals surface area contributed by atoms with Crippen LogP contribution in [-0.2, 0) is 4.79 Å². The van der Waals surface area contributed by atoms with Crippen LogP contribution in [-0.4, -0.2) is 6.29 Å². The molecule has 0 atom stereocenters. The number of hydrogen-bond donors (Lipinski definition) is 0. The predicted octanol–water partition coefficient (Wildman–Crippen LogP) is 3.33. The van der Waals surface area contributed by atoms with Crippen molar-refractivity contribution in [1.29, 1.82) is 0 Å². The molecule has 1 rings (SSSR count). The lowest BCUT2D eigenvalue weighted by Crippen LogP contribution is -2.22. The van der Waals surface area contributed by atoms with Gasteiger partial charge in [0.2, 0.25) is 0 Å². The minimum atomic E-state index is 0.0560. The van der Waals surface area contributed by atoms with Gasteiger partial charge in [-0.15, -0.1) is 0 Å². The zero-order chi connectivity index (χ0) is 8.86. The van der Waals surface area contributed by atoms with Gasteiger partial charge in [0.15, 0.2) is 0 Å². The molecule has 1 aliphatic rings. The van der Waals surface area contributed by atoms with E-state index in [0.717, 1.165) is 19.3 Å². The molecule has 1 fully saturated rings. The van der Waals surface area contributed by atoms with Crippen LogP contribution in [0.4, 0.5) is 0 Å². The fourth-order valence-electron chi connectivity index (χ4n) is 2.16. The summed E-state index contributed by atoms with van der Waals surface area (Å²) in [5.41, 5.74) is 0.0560. The van der Waals surface area contributed by atoms with Gasteiger partial charge in [0, 0.05) is 5.41 Å². The molecule has 0 unspecified atom stereocenters. The van der Waals surface area contributed by atoms with Gasteiger partial charge in [0.25, 0.3) is 0 Å². The Morgan fingerprint density at radius 3 is 2.00 bits per heavy atom. The number of carbonyl (C=O) groups excluding carboxylic acids is 1. The molecule has 1 aliphatic carbocycles. The maximum absolute atomic E-state index is 11.0. The highest BCUT2D eigenvalue weighted by atomic mass is 16.1. The van der Waals surface area contributed by atoms with Crippen LogP contribution >= 0.6 is 0 Å². The molecule has 0 radical (unpaired) electrons. The van der Waals surface area contributed by atoms with Crippen molar-refractivity contribution >= 4 is 6.29 Å². The monoisotopic (exact) mass is 168 g/mol. The second-order valence-corrected chi connectivity index (χ2v) is 4.10. The summed E-state index contributed by atoms with van der Waals surface area (Å²) in [5.74, 6) is 0. The zero-order valence-corrected chi connectivity index (χ0v) is 8.14. The SMILES string of the molecule is CCC1(C=O)CCCCCCC1. The second-order valence-electron chi connectivity index (χ2n) is 4.10. The molecule has 0 aromatic rings. The van der Waals surface area contributed by atoms with Crippen molar-refractivity contribution in [2.75, 3.05) is 0 Å². The molecule has 0 spiro atoms. The van der Waals surface area contributed by atoms with E-state index in [2.05, 4.69) is 6.92 Å². The van der Waals surface area contributed by atoms with Crippen LogP contribution in [0.3, 0.4) is 0 Å². The Kier molecular flexibility index (Phi) is 3.77. The molecular weight excluding hydrogens is 148 g/mol. The topological polar surface area (TPSA) is 17.1 Å². The van der Waals surface area contributed by atoms with Crippen LogP contribution in [0.15, 0.2) is 0 Å². The summed E-state index contributed by atoms with van der Waals surface area (Å²) in [6, 6.07) is 0. The summed E-state index contributed by atoms with van der Waals surface area (Å²) < 4.78 is 0. The van der Waals surface area contributed by atoms with Crippen molar-refractivity contribution in [3.8, 4) is 0 Å². The molecule has 1 saturated carbocycles. The first-order chi connectivity index (χ1) is 5.83. The average Bonchev–Trinajstić information content (AvgIpc) is 2.06. The summed E-state index contributed by atoms with van der Waals surface area (Å²) in [4.78, 5) is 11.0. The summed E-state index contributed by atoms with van der Waals surface area (Å²) in [7, 11) is 0. The third kappa shape index (κ3) is 2.33. The van der Waals surface area contributed by atoms with E-state index in [-0.39, 0.29) is 5.41 Å². The summed E-state index contributed by atoms with van der Waals surface area (Å²) in [5, 5.41) is 0. The first kappa shape index (κ1) is 9.76. The predicted molar refractivity (Wildman–Crippen MR) is 51.1 cm³/mol. The normalized spacial score (nSPS) is 24.1. The Morgan fingerprint density at radius 2 is 1.58 bits per heavy atom. The Bertz CT molecular complexity index is 132. The Labute approximate surface area is 75.5 Å². The molecule has 0 aromatic carbocycles. The van der Waals surface area contributed by atoms with Crippen LogP contribution in [0, 0.1) is 5.41 Å². The number of carbonyl (C=O) groups is 1. The summed E-state index contributed by atoms with van der Waals surface area (Å²) in [6.45, 7) is 2.15. The molecule has 1 nitrogen and oxygen atoms in total. The Morgan fingerprint density at radius 1 is 1.08 bits per heavy atom. The van der Waals surface area contributed by atoms with Crippen LogP contribution < -0.4 is 0 Å². The second kappa shape index (κ2) is 4.64. The standard InChI is InChI=1S/C11H20O/c1-2-11(10-12)8-6-4-3-5-7-9-11/h10H,2-9H2,1H3. The number of aldehydes is 1.